The third-order valence-corrected chi connectivity index (χ3v) is 6.24. The predicted molar refractivity (Wildman–Crippen MR) is 135 cm³/mol. The van der Waals surface area contributed by atoms with Gasteiger partial charge in [0.2, 0.25) is 0 Å². The van der Waals surface area contributed by atoms with E-state index in [1.54, 1.807) is 0 Å². The maximum absolute atomic E-state index is 8.21. The number of hydrogen-bond acceptors (Lipinski definition) is 2. The summed E-state index contributed by atoms with van der Waals surface area (Å²) < 4.78 is 30.9. The molecule has 0 radical (unpaired) electrons. The Hall–Kier alpha value is -3.39. The van der Waals surface area contributed by atoms with Gasteiger partial charge in [-0.3, -0.25) is 4.98 Å². The molecule has 0 spiro atoms. The maximum Gasteiger partial charge on any atom is 0.144 e. The number of hydrogen-bond donors (Lipinski definition) is 0. The van der Waals surface area contributed by atoms with Gasteiger partial charge < -0.3 is 4.42 Å². The first-order valence-corrected chi connectivity index (χ1v) is 11.2. The van der Waals surface area contributed by atoms with Gasteiger partial charge in [0, 0.05) is 26.6 Å². The van der Waals surface area contributed by atoms with Crippen molar-refractivity contribution in [2.75, 3.05) is 0 Å². The van der Waals surface area contributed by atoms with E-state index in [9.17, 15) is 0 Å². The smallest absolute Gasteiger partial charge is 0.144 e. The molecule has 0 atom stereocenters. The van der Waals surface area contributed by atoms with Crippen molar-refractivity contribution in [2.24, 2.45) is 0 Å². The van der Waals surface area contributed by atoms with Gasteiger partial charge in [0.1, 0.15) is 11.2 Å². The third kappa shape index (κ3) is 3.40. The molecule has 32 heavy (non-hydrogen) atoms. The van der Waals surface area contributed by atoms with Gasteiger partial charge in [0.15, 0.2) is 0 Å². The highest BCUT2D eigenvalue weighted by molar-refractivity contribution is 6.09. The summed E-state index contributed by atoms with van der Waals surface area (Å²) in [6.45, 7) is 6.36. The Balaban J connectivity index is 1.78. The Kier molecular flexibility index (Phi) is 4.27. The molecule has 160 valence electrons. The molecule has 0 unspecified atom stereocenters. The van der Waals surface area contributed by atoms with E-state index in [1.165, 1.54) is 11.8 Å². The van der Waals surface area contributed by atoms with Crippen LogP contribution in [-0.4, -0.2) is 4.98 Å². The summed E-state index contributed by atoms with van der Waals surface area (Å²) in [4.78, 5) is 4.62. The summed E-state index contributed by atoms with van der Waals surface area (Å²) in [6.07, 6.45) is 1.51. The fourth-order valence-electron chi connectivity index (χ4n) is 4.44. The van der Waals surface area contributed by atoms with Crippen molar-refractivity contribution >= 4 is 21.9 Å². The highest BCUT2D eigenvalue weighted by atomic mass is 16.3. The van der Waals surface area contributed by atoms with E-state index in [4.69, 9.17) is 8.53 Å². The van der Waals surface area contributed by atoms with E-state index in [0.717, 1.165) is 38.6 Å². The van der Waals surface area contributed by atoms with Crippen LogP contribution < -0.4 is 0 Å². The van der Waals surface area contributed by atoms with Crippen LogP contribution in [0.15, 0.2) is 77.3 Å². The normalized spacial score (nSPS) is 13.6. The number of pyridine rings is 1. The summed E-state index contributed by atoms with van der Waals surface area (Å²) in [6, 6.07) is 22.3. The van der Waals surface area contributed by atoms with Crippen molar-refractivity contribution in [3.05, 3.63) is 89.6 Å². The summed E-state index contributed by atoms with van der Waals surface area (Å²) in [7, 11) is 0. The largest absolute Gasteiger partial charge is 0.455 e. The van der Waals surface area contributed by atoms with Crippen LogP contribution in [0.1, 0.15) is 60.3 Å². The molecule has 0 saturated heterocycles. The minimum absolute atomic E-state index is 0.239. The highest BCUT2D eigenvalue weighted by Crippen LogP contribution is 2.38. The van der Waals surface area contributed by atoms with Crippen LogP contribution in [0.3, 0.4) is 0 Å². The van der Waals surface area contributed by atoms with Crippen LogP contribution in [-0.2, 0) is 0 Å². The summed E-state index contributed by atoms with van der Waals surface area (Å²) in [5.74, 6) is 0.630. The minimum atomic E-state index is -2.28. The SMILES string of the molecule is [2H]C([2H])([2H])c1cnc(-c2cccc3c2oc2ccccc23)cc1-c1ccc(C(C)C)cc1C(C)C. The van der Waals surface area contributed by atoms with Crippen LogP contribution >= 0.6 is 0 Å². The third-order valence-electron chi connectivity index (χ3n) is 6.24. The lowest BCUT2D eigenvalue weighted by Gasteiger charge is -2.18. The molecule has 2 aromatic heterocycles. The summed E-state index contributed by atoms with van der Waals surface area (Å²) >= 11 is 0. The van der Waals surface area contributed by atoms with Gasteiger partial charge in [-0.1, -0.05) is 76.2 Å². The molecular weight excluding hydrogens is 390 g/mol. The fraction of sp³-hybridized carbons (Fsp3) is 0.233. The number of benzene rings is 3. The van der Waals surface area contributed by atoms with Crippen molar-refractivity contribution in [1.29, 1.82) is 0 Å². The van der Waals surface area contributed by atoms with Gasteiger partial charge >= 0.3 is 0 Å². The first kappa shape index (κ1) is 17.2. The number of aryl methyl sites for hydroxylation is 1. The predicted octanol–water partition coefficient (Wildman–Crippen LogP) is 8.87. The molecule has 0 N–H and O–H groups in total. The summed E-state index contributed by atoms with van der Waals surface area (Å²) in [5.41, 5.74) is 7.40. The molecule has 0 fully saturated rings. The van der Waals surface area contributed by atoms with Crippen LogP contribution in [0.2, 0.25) is 0 Å². The molecule has 2 heterocycles. The Morgan fingerprint density at radius 1 is 0.781 bits per heavy atom. The fourth-order valence-corrected chi connectivity index (χ4v) is 4.44. The molecule has 0 aliphatic heterocycles. The van der Waals surface area contributed by atoms with Crippen LogP contribution in [0.5, 0.6) is 0 Å². The molecule has 0 aliphatic carbocycles. The van der Waals surface area contributed by atoms with E-state index in [1.807, 2.05) is 48.5 Å². The number of fused-ring (bicyclic) bond motifs is 3. The lowest BCUT2D eigenvalue weighted by atomic mass is 9.87. The molecule has 5 aromatic rings. The van der Waals surface area contributed by atoms with Crippen molar-refractivity contribution in [3.8, 4) is 22.4 Å². The lowest BCUT2D eigenvalue weighted by molar-refractivity contribution is 0.670. The number of rotatable bonds is 4. The lowest BCUT2D eigenvalue weighted by Crippen LogP contribution is -1.99. The Labute approximate surface area is 194 Å². The van der Waals surface area contributed by atoms with Gasteiger partial charge in [0.05, 0.1) is 5.69 Å². The monoisotopic (exact) mass is 422 g/mol. The standard InChI is InChI=1S/C30H29NO/c1-18(2)21-13-14-22(26(15-21)19(3)4)27-16-28(31-17-20(27)5)25-11-8-10-24-23-9-6-7-12-29(23)32-30(24)25/h6-19H,1-5H3/i5D3. The van der Waals surface area contributed by atoms with Gasteiger partial charge in [-0.25, -0.2) is 0 Å². The zero-order valence-corrected chi connectivity index (χ0v) is 18.9. The quantitative estimate of drug-likeness (QED) is 0.289. The van der Waals surface area contributed by atoms with Crippen LogP contribution in [0.4, 0.5) is 0 Å². The molecule has 3 aromatic carbocycles. The van der Waals surface area contributed by atoms with Gasteiger partial charge in [-0.2, -0.15) is 0 Å². The van der Waals surface area contributed by atoms with Gasteiger partial charge in [-0.15, -0.1) is 0 Å². The Bertz CT molecular complexity index is 1540. The number of furan rings is 1. The van der Waals surface area contributed by atoms with E-state index < -0.39 is 6.85 Å². The number of para-hydroxylation sites is 2. The zero-order valence-electron chi connectivity index (χ0n) is 21.9. The topological polar surface area (TPSA) is 26.0 Å². The number of nitrogens with zero attached hydrogens (tertiary/aromatic N) is 1. The van der Waals surface area contributed by atoms with Crippen molar-refractivity contribution in [3.63, 3.8) is 0 Å². The minimum Gasteiger partial charge on any atom is -0.455 e. The Morgan fingerprint density at radius 3 is 2.38 bits per heavy atom. The van der Waals surface area contributed by atoms with Crippen molar-refractivity contribution in [2.45, 2.75) is 46.4 Å². The van der Waals surface area contributed by atoms with E-state index >= 15 is 0 Å². The molecule has 0 saturated carbocycles. The van der Waals surface area contributed by atoms with Crippen molar-refractivity contribution < 1.29 is 8.53 Å². The Morgan fingerprint density at radius 2 is 1.59 bits per heavy atom. The van der Waals surface area contributed by atoms with E-state index in [0.29, 0.717) is 17.2 Å². The van der Waals surface area contributed by atoms with Crippen molar-refractivity contribution in [1.82, 2.24) is 4.98 Å². The van der Waals surface area contributed by atoms with Crippen LogP contribution in [0, 0.1) is 6.85 Å². The average molecular weight is 423 g/mol. The van der Waals surface area contributed by atoms with Crippen LogP contribution in [0.25, 0.3) is 44.3 Å². The molecule has 2 nitrogen and oxygen atoms in total. The highest BCUT2D eigenvalue weighted by Gasteiger charge is 2.17. The first-order chi connectivity index (χ1) is 16.6. The molecular formula is C30H29NO. The van der Waals surface area contributed by atoms with Gasteiger partial charge in [-0.05, 0) is 64.7 Å². The molecule has 0 amide bonds. The number of aromatic nitrogens is 1. The van der Waals surface area contributed by atoms with E-state index in [2.05, 4.69) is 50.9 Å². The second kappa shape index (κ2) is 7.94. The zero-order chi connectivity index (χ0) is 24.9. The first-order valence-electron chi connectivity index (χ1n) is 12.7. The second-order valence-corrected chi connectivity index (χ2v) is 9.05. The molecule has 5 rings (SSSR count). The molecule has 0 aliphatic rings. The second-order valence-electron chi connectivity index (χ2n) is 9.05. The average Bonchev–Trinajstić information content (AvgIpc) is 3.21. The van der Waals surface area contributed by atoms with Gasteiger partial charge in [0.25, 0.3) is 0 Å². The molecule has 0 bridgehead atoms. The molecule has 2 heteroatoms. The maximum atomic E-state index is 8.21. The summed E-state index contributed by atoms with van der Waals surface area (Å²) in [5, 5.41) is 2.07. The van der Waals surface area contributed by atoms with E-state index in [-0.39, 0.29) is 11.5 Å².